The molecular weight excluding hydrogens is 733 g/mol. The second-order valence-electron chi connectivity index (χ2n) is 14.7. The summed E-state index contributed by atoms with van der Waals surface area (Å²) in [7, 11) is 1.34. The molecule has 0 saturated heterocycles. The molecule has 0 saturated carbocycles. The van der Waals surface area contributed by atoms with Crippen molar-refractivity contribution in [3.63, 3.8) is 0 Å². The standard InChI is InChI=1S/C44H74NO10P/c1-6-8-10-11-12-13-14-15-16-20-28-34-43(48)52-38-42(39-54-56(50,51)53-37-36-45(3,4)5)55-44(49)35-29-21-18-17-19-25-31-41(47)33-27-23-22-26-32-40(46)30-24-9-7-2/h9,11-12,18-19,21-27,32-33,40-42,46-47H,6-8,10,13-17,20,28-31,34-39H2,1-5H3/p+1/b12-11-,21-18-,23-22-,24-9-,25-19-,32-26+,33-27+/t40-,41+,42+/m0/s1. The highest BCUT2D eigenvalue weighted by molar-refractivity contribution is 7.47. The van der Waals surface area contributed by atoms with Gasteiger partial charge in [-0.2, -0.15) is 0 Å². The van der Waals surface area contributed by atoms with Crippen LogP contribution in [0.1, 0.15) is 117 Å². The van der Waals surface area contributed by atoms with Crippen LogP contribution in [0.15, 0.2) is 85.1 Å². The second-order valence-corrected chi connectivity index (χ2v) is 16.1. The van der Waals surface area contributed by atoms with Crippen molar-refractivity contribution in [1.29, 1.82) is 0 Å². The van der Waals surface area contributed by atoms with Gasteiger partial charge in [-0.1, -0.05) is 131 Å². The summed E-state index contributed by atoms with van der Waals surface area (Å²) >= 11 is 0. The van der Waals surface area contributed by atoms with Gasteiger partial charge in [0.05, 0.1) is 40.0 Å². The first-order valence-corrected chi connectivity index (χ1v) is 22.0. The van der Waals surface area contributed by atoms with Crippen molar-refractivity contribution in [2.24, 2.45) is 0 Å². The van der Waals surface area contributed by atoms with Gasteiger partial charge in [0.15, 0.2) is 6.10 Å². The molecule has 3 N–H and O–H groups in total. The maximum absolute atomic E-state index is 12.6. The Morgan fingerprint density at radius 2 is 1.25 bits per heavy atom. The summed E-state index contributed by atoms with van der Waals surface area (Å²) in [4.78, 5) is 35.2. The molecule has 0 amide bonds. The number of rotatable bonds is 35. The summed E-state index contributed by atoms with van der Waals surface area (Å²) in [5.41, 5.74) is 0. The Morgan fingerprint density at radius 3 is 1.89 bits per heavy atom. The predicted molar refractivity (Wildman–Crippen MR) is 227 cm³/mol. The molecule has 0 rings (SSSR count). The molecule has 12 heteroatoms. The van der Waals surface area contributed by atoms with Gasteiger partial charge in [-0.3, -0.25) is 18.6 Å². The normalized spacial score (nSPS) is 15.6. The number of unbranched alkanes of at least 4 members (excludes halogenated alkanes) is 7. The Hall–Kier alpha value is -2.89. The van der Waals surface area contributed by atoms with Gasteiger partial charge in [0.25, 0.3) is 0 Å². The number of phosphoric ester groups is 1. The van der Waals surface area contributed by atoms with E-state index in [-0.39, 0.29) is 26.1 Å². The summed E-state index contributed by atoms with van der Waals surface area (Å²) in [6.45, 7) is 3.93. The van der Waals surface area contributed by atoms with Gasteiger partial charge in [-0.05, 0) is 57.8 Å². The Balaban J connectivity index is 4.68. The van der Waals surface area contributed by atoms with Gasteiger partial charge >= 0.3 is 19.8 Å². The number of esters is 2. The first kappa shape index (κ1) is 53.1. The van der Waals surface area contributed by atoms with Gasteiger partial charge < -0.3 is 29.1 Å². The largest absolute Gasteiger partial charge is 0.472 e. The minimum Gasteiger partial charge on any atom is -0.462 e. The lowest BCUT2D eigenvalue weighted by atomic mass is 10.1. The van der Waals surface area contributed by atoms with E-state index in [2.05, 4.69) is 19.1 Å². The van der Waals surface area contributed by atoms with E-state index >= 15 is 0 Å². The number of carbonyl (C=O) groups excluding carboxylic acids is 2. The van der Waals surface area contributed by atoms with Gasteiger partial charge in [-0.25, -0.2) is 4.57 Å². The zero-order valence-corrected chi connectivity index (χ0v) is 35.9. The van der Waals surface area contributed by atoms with Crippen molar-refractivity contribution in [1.82, 2.24) is 0 Å². The average Bonchev–Trinajstić information content (AvgIpc) is 3.13. The van der Waals surface area contributed by atoms with Crippen LogP contribution in [0.4, 0.5) is 0 Å². The number of quaternary nitrogens is 1. The van der Waals surface area contributed by atoms with Crippen molar-refractivity contribution in [2.75, 3.05) is 47.5 Å². The molecule has 320 valence electrons. The number of nitrogens with zero attached hydrogens (tertiary/aromatic N) is 1. The third kappa shape index (κ3) is 38.0. The van der Waals surface area contributed by atoms with Crippen molar-refractivity contribution < 1.29 is 52.3 Å². The fourth-order valence-electron chi connectivity index (χ4n) is 4.78. The zero-order valence-electron chi connectivity index (χ0n) is 35.1. The number of likely N-dealkylation sites (N-methyl/N-ethyl adjacent to an activating group) is 1. The molecule has 0 fully saturated rings. The quantitative estimate of drug-likeness (QED) is 0.0141. The molecule has 0 aromatic carbocycles. The van der Waals surface area contributed by atoms with Crippen LogP contribution < -0.4 is 0 Å². The molecule has 0 bridgehead atoms. The van der Waals surface area contributed by atoms with Crippen LogP contribution in [0.5, 0.6) is 0 Å². The van der Waals surface area contributed by atoms with Crippen LogP contribution in [-0.2, 0) is 32.7 Å². The molecule has 0 aliphatic heterocycles. The molecule has 0 aliphatic rings. The van der Waals surface area contributed by atoms with E-state index in [4.69, 9.17) is 18.5 Å². The molecule has 56 heavy (non-hydrogen) atoms. The number of hydrogen-bond acceptors (Lipinski definition) is 9. The number of carbonyl (C=O) groups is 2. The zero-order chi connectivity index (χ0) is 41.8. The fourth-order valence-corrected chi connectivity index (χ4v) is 5.52. The van der Waals surface area contributed by atoms with E-state index in [0.29, 0.717) is 43.1 Å². The number of phosphoric acid groups is 1. The highest BCUT2D eigenvalue weighted by Crippen LogP contribution is 2.43. The molecule has 11 nitrogen and oxygen atoms in total. The summed E-state index contributed by atoms with van der Waals surface area (Å²) < 4.78 is 34.0. The van der Waals surface area contributed by atoms with Crippen molar-refractivity contribution in [3.05, 3.63) is 85.1 Å². The summed E-state index contributed by atoms with van der Waals surface area (Å²) in [5, 5.41) is 20.0. The van der Waals surface area contributed by atoms with Crippen molar-refractivity contribution in [3.8, 4) is 0 Å². The van der Waals surface area contributed by atoms with Crippen molar-refractivity contribution >= 4 is 19.8 Å². The van der Waals surface area contributed by atoms with Crippen LogP contribution in [0.2, 0.25) is 0 Å². The van der Waals surface area contributed by atoms with Crippen LogP contribution in [0.3, 0.4) is 0 Å². The van der Waals surface area contributed by atoms with Gasteiger partial charge in [0.2, 0.25) is 0 Å². The van der Waals surface area contributed by atoms with Crippen LogP contribution in [-0.4, -0.2) is 97.3 Å². The van der Waals surface area contributed by atoms with E-state index in [1.807, 2.05) is 64.5 Å². The Morgan fingerprint density at radius 1 is 0.661 bits per heavy atom. The number of allylic oxidation sites excluding steroid dienone is 10. The van der Waals surface area contributed by atoms with E-state index in [1.54, 1.807) is 36.5 Å². The molecule has 0 aromatic heterocycles. The SMILES string of the molecule is CC/C=C\C[C@H](O)/C=C/C=C\C=C\[C@H](O)C/C=C\C/C=C\CCC(=O)O[C@H](COC(=O)CCCCCCC/C=C\CCCC)COP(=O)(O)OCC[N+](C)(C)C. The third-order valence-corrected chi connectivity index (χ3v) is 9.07. The predicted octanol–water partition coefficient (Wildman–Crippen LogP) is 9.18. The summed E-state index contributed by atoms with van der Waals surface area (Å²) in [6, 6.07) is 0. The number of aliphatic hydroxyl groups is 2. The lowest BCUT2D eigenvalue weighted by molar-refractivity contribution is -0.870. The molecule has 0 spiro atoms. The first-order chi connectivity index (χ1) is 26.8. The molecule has 0 radical (unpaired) electrons. The van der Waals surface area contributed by atoms with E-state index in [1.165, 1.54) is 12.8 Å². The van der Waals surface area contributed by atoms with E-state index in [9.17, 15) is 29.3 Å². The maximum Gasteiger partial charge on any atom is 0.472 e. The second kappa shape index (κ2) is 35.3. The lowest BCUT2D eigenvalue weighted by Crippen LogP contribution is -2.37. The van der Waals surface area contributed by atoms with Crippen molar-refractivity contribution in [2.45, 2.75) is 135 Å². The third-order valence-electron chi connectivity index (χ3n) is 8.09. The number of aliphatic hydroxyl groups excluding tert-OH is 2. The molecular formula is C44H75NO10P+. The lowest BCUT2D eigenvalue weighted by Gasteiger charge is -2.24. The first-order valence-electron chi connectivity index (χ1n) is 20.5. The molecule has 1 unspecified atom stereocenters. The minimum atomic E-state index is -4.43. The Labute approximate surface area is 338 Å². The maximum atomic E-state index is 12.6. The molecule has 0 aliphatic carbocycles. The Bertz CT molecular complexity index is 1260. The van der Waals surface area contributed by atoms with Gasteiger partial charge in [0.1, 0.15) is 19.8 Å². The molecule has 4 atom stereocenters. The summed E-state index contributed by atoms with van der Waals surface area (Å²) in [6.07, 6.45) is 37.2. The van der Waals surface area contributed by atoms with E-state index < -0.39 is 44.7 Å². The monoisotopic (exact) mass is 809 g/mol. The fraction of sp³-hybridized carbons (Fsp3) is 0.636. The number of hydrogen-bond donors (Lipinski definition) is 3. The Kier molecular flexibility index (Phi) is 33.5. The van der Waals surface area contributed by atoms with Gasteiger partial charge in [0, 0.05) is 12.8 Å². The van der Waals surface area contributed by atoms with Crippen LogP contribution in [0, 0.1) is 0 Å². The highest BCUT2D eigenvalue weighted by atomic mass is 31.2. The smallest absolute Gasteiger partial charge is 0.462 e. The van der Waals surface area contributed by atoms with Gasteiger partial charge in [-0.15, -0.1) is 0 Å². The topological polar surface area (TPSA) is 149 Å². The minimum absolute atomic E-state index is 0.00781. The molecule has 0 aromatic rings. The summed E-state index contributed by atoms with van der Waals surface area (Å²) in [5.74, 6) is -0.989. The number of ether oxygens (including phenoxy) is 2. The van der Waals surface area contributed by atoms with Crippen LogP contribution >= 0.6 is 7.82 Å². The molecule has 0 heterocycles. The van der Waals surface area contributed by atoms with Crippen LogP contribution in [0.25, 0.3) is 0 Å². The van der Waals surface area contributed by atoms with E-state index in [0.717, 1.165) is 44.9 Å². The average molecular weight is 809 g/mol. The highest BCUT2D eigenvalue weighted by Gasteiger charge is 2.27.